The molecule has 0 aliphatic rings. The zero-order chi connectivity index (χ0) is 15.6. The van der Waals surface area contributed by atoms with Gasteiger partial charge in [-0.3, -0.25) is 0 Å². The molecule has 0 fully saturated rings. The molecule has 2 rings (SSSR count). The van der Waals surface area contributed by atoms with E-state index >= 15 is 0 Å². The van der Waals surface area contributed by atoms with Gasteiger partial charge in [0.25, 0.3) is 0 Å². The third-order valence-corrected chi connectivity index (χ3v) is 3.63. The number of rotatable bonds is 5. The van der Waals surface area contributed by atoms with Gasteiger partial charge < -0.3 is 5.32 Å². The van der Waals surface area contributed by atoms with Crippen molar-refractivity contribution in [1.82, 2.24) is 14.8 Å². The van der Waals surface area contributed by atoms with Crippen LogP contribution in [0.25, 0.3) is 11.0 Å². The van der Waals surface area contributed by atoms with Crippen LogP contribution in [0.1, 0.15) is 38.1 Å². The van der Waals surface area contributed by atoms with Crippen molar-refractivity contribution in [3.05, 3.63) is 18.0 Å². The maximum Gasteiger partial charge on any atom is 0.383 e. The van der Waals surface area contributed by atoms with E-state index in [1.807, 2.05) is 13.8 Å². The number of nitrogens with zero attached hydrogens (tertiary/aromatic N) is 3. The van der Waals surface area contributed by atoms with Gasteiger partial charge in [0.05, 0.1) is 17.3 Å². The fourth-order valence-electron chi connectivity index (χ4n) is 2.00. The molecule has 0 aliphatic carbocycles. The molecule has 0 saturated carbocycles. The van der Waals surface area contributed by atoms with Crippen molar-refractivity contribution in [3.8, 4) is 0 Å². The second-order valence-electron chi connectivity index (χ2n) is 5.29. The SMILES string of the molecule is CCn1ncc2c(NC(C)C(C)C)c(C(=O)OF)cnc21. The number of hydrogen-bond donors (Lipinski definition) is 1. The second-order valence-corrected chi connectivity index (χ2v) is 5.29. The minimum atomic E-state index is -1.06. The van der Waals surface area contributed by atoms with Crippen molar-refractivity contribution >= 4 is 22.7 Å². The van der Waals surface area contributed by atoms with E-state index in [0.29, 0.717) is 29.2 Å². The molecule has 0 aliphatic heterocycles. The normalized spacial score (nSPS) is 12.7. The number of aryl methyl sites for hydroxylation is 1. The molecule has 0 saturated heterocycles. The smallest absolute Gasteiger partial charge is 0.381 e. The summed E-state index contributed by atoms with van der Waals surface area (Å²) in [6.45, 7) is 8.70. The highest BCUT2D eigenvalue weighted by atomic mass is 19.3. The van der Waals surface area contributed by atoms with Gasteiger partial charge in [-0.25, -0.2) is 19.4 Å². The zero-order valence-corrected chi connectivity index (χ0v) is 12.6. The van der Waals surface area contributed by atoms with Crippen LogP contribution < -0.4 is 5.32 Å². The van der Waals surface area contributed by atoms with Crippen LogP contribution in [0.3, 0.4) is 0 Å². The van der Waals surface area contributed by atoms with Crippen LogP contribution in [0.5, 0.6) is 0 Å². The van der Waals surface area contributed by atoms with E-state index in [9.17, 15) is 9.32 Å². The summed E-state index contributed by atoms with van der Waals surface area (Å²) in [5.74, 6) is -0.726. The standard InChI is InChI=1S/C14H19FN4O2/c1-5-19-13-10(7-17-19)12(18-9(4)8(2)3)11(6-16-13)14(20)21-15/h6-9H,5H2,1-4H3,(H,16,18). The lowest BCUT2D eigenvalue weighted by molar-refractivity contribution is -0.0787. The summed E-state index contributed by atoms with van der Waals surface area (Å²) in [5, 5.41) is 8.14. The highest BCUT2D eigenvalue weighted by molar-refractivity contribution is 6.04. The first-order valence-electron chi connectivity index (χ1n) is 6.93. The molecule has 1 atom stereocenters. The quantitative estimate of drug-likeness (QED) is 0.918. The average Bonchev–Trinajstić information content (AvgIpc) is 2.89. The molecule has 114 valence electrons. The molecule has 0 spiro atoms. The first-order chi connectivity index (χ1) is 9.99. The Bertz CT molecular complexity index is 654. The topological polar surface area (TPSA) is 69.0 Å². The molecule has 2 aromatic rings. The van der Waals surface area contributed by atoms with Gasteiger partial charge in [-0.15, -0.1) is 0 Å². The van der Waals surface area contributed by atoms with Gasteiger partial charge in [0.1, 0.15) is 5.56 Å². The lowest BCUT2D eigenvalue weighted by atomic mass is 10.0. The van der Waals surface area contributed by atoms with Crippen molar-refractivity contribution in [2.24, 2.45) is 5.92 Å². The second kappa shape index (κ2) is 6.07. The predicted octanol–water partition coefficient (Wildman–Crippen LogP) is 2.95. The highest BCUT2D eigenvalue weighted by Crippen LogP contribution is 2.28. The molecule has 1 unspecified atom stereocenters. The first kappa shape index (κ1) is 15.2. The maximum atomic E-state index is 12.3. The number of anilines is 1. The molecule has 0 aromatic carbocycles. The van der Waals surface area contributed by atoms with E-state index in [4.69, 9.17) is 0 Å². The summed E-state index contributed by atoms with van der Waals surface area (Å²) < 4.78 is 14.0. The molecule has 6 nitrogen and oxygen atoms in total. The summed E-state index contributed by atoms with van der Waals surface area (Å²) in [5.41, 5.74) is 1.21. The van der Waals surface area contributed by atoms with Gasteiger partial charge in [0.15, 0.2) is 5.65 Å². The minimum absolute atomic E-state index is 0.0631. The Kier molecular flexibility index (Phi) is 4.40. The molecular formula is C14H19FN4O2. The Morgan fingerprint density at radius 2 is 2.14 bits per heavy atom. The summed E-state index contributed by atoms with van der Waals surface area (Å²) in [6, 6.07) is 0.0896. The van der Waals surface area contributed by atoms with Gasteiger partial charge in [-0.1, -0.05) is 13.8 Å². The molecule has 7 heteroatoms. The molecule has 2 heterocycles. The van der Waals surface area contributed by atoms with Gasteiger partial charge >= 0.3 is 5.97 Å². The van der Waals surface area contributed by atoms with Gasteiger partial charge in [-0.2, -0.15) is 5.10 Å². The number of fused-ring (bicyclic) bond motifs is 1. The van der Waals surface area contributed by atoms with Crippen molar-refractivity contribution in [3.63, 3.8) is 0 Å². The van der Waals surface area contributed by atoms with Crippen molar-refractivity contribution < 1.29 is 14.3 Å². The lowest BCUT2D eigenvalue weighted by Gasteiger charge is -2.20. The average molecular weight is 294 g/mol. The van der Waals surface area contributed by atoms with Crippen molar-refractivity contribution in [1.29, 1.82) is 0 Å². The number of halogens is 1. The van der Waals surface area contributed by atoms with Gasteiger partial charge in [0.2, 0.25) is 0 Å². The van der Waals surface area contributed by atoms with Crippen molar-refractivity contribution in [2.45, 2.75) is 40.3 Å². The number of nitrogens with one attached hydrogen (secondary N) is 1. The van der Waals surface area contributed by atoms with Crippen LogP contribution in [0, 0.1) is 5.92 Å². The Labute approximate surface area is 122 Å². The minimum Gasteiger partial charge on any atom is -0.381 e. The number of carbonyl (C=O) groups excluding carboxylic acids is 1. The van der Waals surface area contributed by atoms with E-state index in [2.05, 4.69) is 34.2 Å². The third kappa shape index (κ3) is 2.81. The summed E-state index contributed by atoms with van der Waals surface area (Å²) in [7, 11) is 0. The predicted molar refractivity (Wildman–Crippen MR) is 77.6 cm³/mol. The number of pyridine rings is 1. The van der Waals surface area contributed by atoms with Crippen LogP contribution in [0.15, 0.2) is 12.4 Å². The molecule has 0 radical (unpaired) electrons. The first-order valence-corrected chi connectivity index (χ1v) is 6.93. The van der Waals surface area contributed by atoms with E-state index < -0.39 is 5.97 Å². The molecule has 0 bridgehead atoms. The Balaban J connectivity index is 2.59. The lowest BCUT2D eigenvalue weighted by Crippen LogP contribution is -2.23. The molecule has 1 N–H and O–H groups in total. The van der Waals surface area contributed by atoms with Crippen LogP contribution in [0.4, 0.5) is 10.2 Å². The van der Waals surface area contributed by atoms with E-state index in [1.165, 1.54) is 6.20 Å². The molecule has 0 amide bonds. The van der Waals surface area contributed by atoms with E-state index in [-0.39, 0.29) is 11.6 Å². The maximum absolute atomic E-state index is 12.3. The Morgan fingerprint density at radius 1 is 1.43 bits per heavy atom. The summed E-state index contributed by atoms with van der Waals surface area (Å²) >= 11 is 0. The fourth-order valence-corrected chi connectivity index (χ4v) is 2.00. The Hall–Kier alpha value is -2.18. The van der Waals surface area contributed by atoms with Crippen LogP contribution in [-0.2, 0) is 11.5 Å². The zero-order valence-electron chi connectivity index (χ0n) is 12.6. The van der Waals surface area contributed by atoms with E-state index in [0.717, 1.165) is 0 Å². The summed E-state index contributed by atoms with van der Waals surface area (Å²) in [6.07, 6.45) is 2.93. The number of aromatic nitrogens is 3. The largest absolute Gasteiger partial charge is 0.383 e. The van der Waals surface area contributed by atoms with Gasteiger partial charge in [0, 0.05) is 23.3 Å². The molecule has 2 aromatic heterocycles. The van der Waals surface area contributed by atoms with Crippen LogP contribution >= 0.6 is 0 Å². The Morgan fingerprint density at radius 3 is 2.71 bits per heavy atom. The molecular weight excluding hydrogens is 275 g/mol. The van der Waals surface area contributed by atoms with Gasteiger partial charge in [-0.05, 0) is 19.8 Å². The van der Waals surface area contributed by atoms with Crippen molar-refractivity contribution in [2.75, 3.05) is 5.32 Å². The molecule has 21 heavy (non-hydrogen) atoms. The van der Waals surface area contributed by atoms with Crippen LogP contribution in [-0.4, -0.2) is 26.8 Å². The number of carbonyl (C=O) groups is 1. The monoisotopic (exact) mass is 294 g/mol. The summed E-state index contributed by atoms with van der Waals surface area (Å²) in [4.78, 5) is 19.1. The number of hydrogen-bond acceptors (Lipinski definition) is 5. The fraction of sp³-hybridized carbons (Fsp3) is 0.500. The third-order valence-electron chi connectivity index (χ3n) is 3.63. The highest BCUT2D eigenvalue weighted by Gasteiger charge is 2.21. The van der Waals surface area contributed by atoms with E-state index in [1.54, 1.807) is 10.9 Å². The van der Waals surface area contributed by atoms with Crippen LogP contribution in [0.2, 0.25) is 0 Å².